The summed E-state index contributed by atoms with van der Waals surface area (Å²) >= 11 is 0. The Morgan fingerprint density at radius 3 is 2.33 bits per heavy atom. The summed E-state index contributed by atoms with van der Waals surface area (Å²) in [4.78, 5) is 12.7. The van der Waals surface area contributed by atoms with E-state index in [0.717, 1.165) is 6.92 Å². The van der Waals surface area contributed by atoms with Gasteiger partial charge < -0.3 is 10.8 Å². The monoisotopic (exact) mass is 284 g/mol. The molecule has 0 unspecified atom stereocenters. The second-order valence-corrected chi connectivity index (χ2v) is 5.17. The van der Waals surface area contributed by atoms with Gasteiger partial charge in [0.15, 0.2) is 11.4 Å². The van der Waals surface area contributed by atoms with Crippen molar-refractivity contribution < 1.29 is 31.5 Å². The molecule has 0 saturated carbocycles. The molecule has 1 rings (SSSR count). The van der Waals surface area contributed by atoms with Gasteiger partial charge >= 0.3 is 5.51 Å². The van der Waals surface area contributed by atoms with Crippen molar-refractivity contribution in [2.24, 2.45) is 5.73 Å². The maximum Gasteiger partial charge on any atom is 0.501 e. The lowest BCUT2D eigenvalue weighted by atomic mass is 10.2. The highest BCUT2D eigenvalue weighted by Crippen LogP contribution is 2.34. The Labute approximate surface area is 99.2 Å². The average Bonchev–Trinajstić information content (AvgIpc) is 2.19. The standard InChI is InChI=1S/C8H7F3N2O4S/c1-3-4(18(16,17)8(9,10)11)2-13-5(6(3)14)7(12)15/h2,14H,1H3,(H2,12,15). The zero-order valence-corrected chi connectivity index (χ0v) is 9.63. The third-order valence-electron chi connectivity index (χ3n) is 2.09. The van der Waals surface area contributed by atoms with E-state index in [1.807, 2.05) is 0 Å². The van der Waals surface area contributed by atoms with Gasteiger partial charge in [-0.3, -0.25) is 4.79 Å². The Hall–Kier alpha value is -1.84. The zero-order chi connectivity index (χ0) is 14.3. The number of carbonyl (C=O) groups excluding carboxylic acids is 1. The lowest BCUT2D eigenvalue weighted by Crippen LogP contribution is -2.25. The number of pyridine rings is 1. The predicted molar refractivity (Wildman–Crippen MR) is 52.4 cm³/mol. The van der Waals surface area contributed by atoms with E-state index in [1.165, 1.54) is 0 Å². The summed E-state index contributed by atoms with van der Waals surface area (Å²) in [6.07, 6.45) is 0.331. The predicted octanol–water partition coefficient (Wildman–Crippen LogP) is 0.488. The van der Waals surface area contributed by atoms with E-state index < -0.39 is 43.2 Å². The number of hydrogen-bond acceptors (Lipinski definition) is 5. The van der Waals surface area contributed by atoms with Gasteiger partial charge in [-0.2, -0.15) is 13.2 Å². The maximum atomic E-state index is 12.3. The van der Waals surface area contributed by atoms with Crippen LogP contribution in [0.1, 0.15) is 16.1 Å². The number of primary amides is 1. The van der Waals surface area contributed by atoms with E-state index >= 15 is 0 Å². The summed E-state index contributed by atoms with van der Waals surface area (Å²) in [5.41, 5.74) is -2.08. The molecule has 1 aromatic heterocycles. The first-order valence-corrected chi connectivity index (χ1v) is 5.78. The van der Waals surface area contributed by atoms with Gasteiger partial charge in [0.1, 0.15) is 4.90 Å². The number of aromatic nitrogens is 1. The molecule has 0 aromatic carbocycles. The van der Waals surface area contributed by atoms with Crippen molar-refractivity contribution in [3.05, 3.63) is 17.5 Å². The summed E-state index contributed by atoms with van der Waals surface area (Å²) < 4.78 is 59.1. The van der Waals surface area contributed by atoms with Crippen LogP contribution in [-0.4, -0.2) is 29.9 Å². The molecule has 0 radical (unpaired) electrons. The summed E-state index contributed by atoms with van der Waals surface area (Å²) in [6, 6.07) is 0. The number of hydrogen-bond donors (Lipinski definition) is 2. The molecule has 1 heterocycles. The van der Waals surface area contributed by atoms with Gasteiger partial charge in [0, 0.05) is 11.8 Å². The van der Waals surface area contributed by atoms with Crippen molar-refractivity contribution in [2.75, 3.05) is 0 Å². The maximum absolute atomic E-state index is 12.3. The lowest BCUT2D eigenvalue weighted by Gasteiger charge is -2.12. The van der Waals surface area contributed by atoms with E-state index in [2.05, 4.69) is 4.98 Å². The van der Waals surface area contributed by atoms with E-state index in [1.54, 1.807) is 0 Å². The number of halogens is 3. The molecule has 1 aromatic rings. The SMILES string of the molecule is Cc1c(S(=O)(=O)C(F)(F)F)cnc(C(N)=O)c1O. The molecule has 0 saturated heterocycles. The van der Waals surface area contributed by atoms with E-state index in [4.69, 9.17) is 5.73 Å². The molecule has 0 aliphatic carbocycles. The minimum Gasteiger partial charge on any atom is -0.505 e. The Kier molecular flexibility index (Phi) is 3.26. The molecule has 6 nitrogen and oxygen atoms in total. The van der Waals surface area contributed by atoms with Gasteiger partial charge in [-0.25, -0.2) is 13.4 Å². The molecular formula is C8H7F3N2O4S. The third-order valence-corrected chi connectivity index (χ3v) is 3.69. The topological polar surface area (TPSA) is 110 Å². The minimum absolute atomic E-state index is 0.331. The van der Waals surface area contributed by atoms with Crippen LogP contribution in [0.15, 0.2) is 11.1 Å². The van der Waals surface area contributed by atoms with Crippen molar-refractivity contribution in [1.82, 2.24) is 4.98 Å². The first-order chi connectivity index (χ1) is 8.00. The highest BCUT2D eigenvalue weighted by Gasteiger charge is 2.48. The molecule has 0 aliphatic heterocycles. The zero-order valence-electron chi connectivity index (χ0n) is 8.82. The van der Waals surface area contributed by atoms with Crippen LogP contribution in [0.4, 0.5) is 13.2 Å². The summed E-state index contributed by atoms with van der Waals surface area (Å²) in [6.45, 7) is 0.905. The molecular weight excluding hydrogens is 277 g/mol. The molecule has 18 heavy (non-hydrogen) atoms. The van der Waals surface area contributed by atoms with Gasteiger partial charge in [-0.15, -0.1) is 0 Å². The molecule has 0 aliphatic rings. The van der Waals surface area contributed by atoms with Gasteiger partial charge in [0.05, 0.1) is 0 Å². The van der Waals surface area contributed by atoms with Gasteiger partial charge in [-0.1, -0.05) is 0 Å². The van der Waals surface area contributed by atoms with Crippen LogP contribution < -0.4 is 5.73 Å². The second-order valence-electron chi connectivity index (χ2n) is 3.26. The van der Waals surface area contributed by atoms with Gasteiger partial charge in [-0.05, 0) is 6.92 Å². The molecule has 0 fully saturated rings. The minimum atomic E-state index is -5.65. The lowest BCUT2D eigenvalue weighted by molar-refractivity contribution is -0.0436. The quantitative estimate of drug-likeness (QED) is 0.821. The fraction of sp³-hybridized carbons (Fsp3) is 0.250. The summed E-state index contributed by atoms with van der Waals surface area (Å²) in [5, 5.41) is 9.38. The van der Waals surface area contributed by atoms with E-state index in [-0.39, 0.29) is 0 Å². The van der Waals surface area contributed by atoms with Crippen LogP contribution >= 0.6 is 0 Å². The summed E-state index contributed by atoms with van der Waals surface area (Å²) in [5.74, 6) is -2.18. The molecule has 3 N–H and O–H groups in total. The van der Waals surface area contributed by atoms with E-state index in [9.17, 15) is 31.5 Å². The second kappa shape index (κ2) is 4.12. The van der Waals surface area contributed by atoms with Crippen molar-refractivity contribution in [2.45, 2.75) is 17.3 Å². The van der Waals surface area contributed by atoms with Crippen LogP contribution in [0.5, 0.6) is 5.75 Å². The Bertz CT molecular complexity index is 610. The van der Waals surface area contributed by atoms with Crippen LogP contribution in [0, 0.1) is 6.92 Å². The third kappa shape index (κ3) is 2.10. The highest BCUT2D eigenvalue weighted by atomic mass is 32.2. The average molecular weight is 284 g/mol. The number of carbonyl (C=O) groups is 1. The first kappa shape index (κ1) is 14.2. The molecule has 0 spiro atoms. The number of amides is 1. The fourth-order valence-electron chi connectivity index (χ4n) is 1.15. The number of nitrogens with two attached hydrogens (primary N) is 1. The number of alkyl halides is 3. The van der Waals surface area contributed by atoms with Crippen LogP contribution in [0.25, 0.3) is 0 Å². The fourth-order valence-corrected chi connectivity index (χ4v) is 2.09. The van der Waals surface area contributed by atoms with Gasteiger partial charge in [0.2, 0.25) is 0 Å². The van der Waals surface area contributed by atoms with E-state index in [0.29, 0.717) is 6.20 Å². The van der Waals surface area contributed by atoms with Gasteiger partial charge in [0.25, 0.3) is 15.7 Å². The van der Waals surface area contributed by atoms with Crippen molar-refractivity contribution >= 4 is 15.7 Å². The number of rotatable bonds is 2. The Balaban J connectivity index is 3.58. The smallest absolute Gasteiger partial charge is 0.501 e. The molecule has 10 heteroatoms. The normalized spacial score (nSPS) is 12.4. The van der Waals surface area contributed by atoms with Crippen molar-refractivity contribution in [3.63, 3.8) is 0 Å². The number of aromatic hydroxyl groups is 1. The molecule has 100 valence electrons. The molecule has 0 atom stereocenters. The first-order valence-electron chi connectivity index (χ1n) is 4.30. The number of sulfone groups is 1. The summed E-state index contributed by atoms with van der Waals surface area (Å²) in [7, 11) is -5.65. The number of nitrogens with zero attached hydrogens (tertiary/aromatic N) is 1. The largest absolute Gasteiger partial charge is 0.505 e. The Morgan fingerprint density at radius 2 is 1.94 bits per heavy atom. The molecule has 1 amide bonds. The van der Waals surface area contributed by atoms with Crippen LogP contribution in [0.3, 0.4) is 0 Å². The highest BCUT2D eigenvalue weighted by molar-refractivity contribution is 7.92. The van der Waals surface area contributed by atoms with Crippen molar-refractivity contribution in [3.8, 4) is 5.75 Å². The Morgan fingerprint density at radius 1 is 1.44 bits per heavy atom. The van der Waals surface area contributed by atoms with Crippen LogP contribution in [-0.2, 0) is 9.84 Å². The van der Waals surface area contributed by atoms with Crippen LogP contribution in [0.2, 0.25) is 0 Å². The molecule has 0 bridgehead atoms. The van der Waals surface area contributed by atoms with Crippen molar-refractivity contribution in [1.29, 1.82) is 0 Å².